The Balaban J connectivity index is 0.00000320. The number of quaternary nitrogens is 1. The lowest BCUT2D eigenvalue weighted by molar-refractivity contribution is -0.938. The lowest BCUT2D eigenvalue weighted by atomic mass is 9.82. The average molecular weight is 519 g/mol. The summed E-state index contributed by atoms with van der Waals surface area (Å²) < 4.78 is 6.76. The topological polar surface area (TPSA) is 72.5 Å². The summed E-state index contributed by atoms with van der Waals surface area (Å²) in [5, 5.41) is 2.87. The molecule has 3 aromatic rings. The Morgan fingerprint density at radius 2 is 1.35 bits per heavy atom. The van der Waals surface area contributed by atoms with Crippen LogP contribution in [0.2, 0.25) is 0 Å². The highest BCUT2D eigenvalue weighted by Gasteiger charge is 2.49. The van der Waals surface area contributed by atoms with Gasteiger partial charge in [-0.15, -0.1) is 0 Å². The Labute approximate surface area is 223 Å². The molecule has 3 aliphatic rings. The second kappa shape index (κ2) is 11.7. The third kappa shape index (κ3) is 6.09. The summed E-state index contributed by atoms with van der Waals surface area (Å²) in [5.41, 5.74) is 1.88. The second-order valence-corrected chi connectivity index (χ2v) is 9.91. The number of carbonyl (C=O) groups is 3. The van der Waals surface area contributed by atoms with Crippen LogP contribution >= 0.6 is 0 Å². The van der Waals surface area contributed by atoms with Crippen molar-refractivity contribution in [3.8, 4) is 0 Å². The Kier molecular flexibility index (Phi) is 8.41. The molecule has 3 heterocycles. The van der Waals surface area contributed by atoms with Crippen LogP contribution in [0.4, 0.5) is 0 Å². The first-order chi connectivity index (χ1) is 17.5. The molecule has 2 atom stereocenters. The highest BCUT2D eigenvalue weighted by Crippen LogP contribution is 2.36. The van der Waals surface area contributed by atoms with E-state index in [1.54, 1.807) is 24.3 Å². The molecular weight excluding hydrogens is 488 g/mol. The van der Waals surface area contributed by atoms with Crippen molar-refractivity contribution in [3.05, 3.63) is 108 Å². The van der Waals surface area contributed by atoms with Crippen molar-refractivity contribution in [1.82, 2.24) is 5.32 Å². The van der Waals surface area contributed by atoms with Crippen LogP contribution in [0.15, 0.2) is 91.0 Å². The molecule has 1 unspecified atom stereocenters. The fourth-order valence-corrected chi connectivity index (χ4v) is 5.54. The number of rotatable bonds is 8. The number of fused-ring (bicyclic) bond motifs is 3. The maximum atomic E-state index is 13.5. The number of amides is 1. The third-order valence-electron chi connectivity index (χ3n) is 7.56. The van der Waals surface area contributed by atoms with E-state index in [1.165, 1.54) is 0 Å². The van der Waals surface area contributed by atoms with E-state index in [-0.39, 0.29) is 36.1 Å². The van der Waals surface area contributed by atoms with E-state index < -0.39 is 12.0 Å². The highest BCUT2D eigenvalue weighted by atomic mass is 35.5. The normalized spacial score (nSPS) is 22.8. The minimum absolute atomic E-state index is 0. The number of ketones is 1. The first kappa shape index (κ1) is 26.6. The van der Waals surface area contributed by atoms with Gasteiger partial charge < -0.3 is 26.9 Å². The van der Waals surface area contributed by atoms with E-state index >= 15 is 0 Å². The molecule has 3 aliphatic heterocycles. The molecule has 1 N–H and O–H groups in total. The number of carbonyl (C=O) groups excluding carboxylic acids is 3. The zero-order chi connectivity index (χ0) is 25.0. The van der Waals surface area contributed by atoms with Gasteiger partial charge in [-0.2, -0.15) is 0 Å². The van der Waals surface area contributed by atoms with Crippen LogP contribution in [-0.4, -0.2) is 54.4 Å². The summed E-state index contributed by atoms with van der Waals surface area (Å²) >= 11 is 0. The highest BCUT2D eigenvalue weighted by molar-refractivity contribution is 5.97. The molecular formula is C30H31ClN2O4. The van der Waals surface area contributed by atoms with E-state index in [2.05, 4.69) is 5.32 Å². The van der Waals surface area contributed by atoms with Crippen LogP contribution in [0.25, 0.3) is 0 Å². The number of Topliss-reactive ketones (excluding diaryl/α,β-unsaturated/α-hetero) is 1. The van der Waals surface area contributed by atoms with Crippen LogP contribution in [0, 0.1) is 5.92 Å². The monoisotopic (exact) mass is 518 g/mol. The summed E-state index contributed by atoms with van der Waals surface area (Å²) in [5.74, 6) is -0.385. The van der Waals surface area contributed by atoms with Gasteiger partial charge in [0.2, 0.25) is 5.78 Å². The molecule has 3 aromatic carbocycles. The number of halogens is 1. The van der Waals surface area contributed by atoms with Gasteiger partial charge in [0, 0.05) is 29.9 Å². The van der Waals surface area contributed by atoms with Crippen molar-refractivity contribution in [2.24, 2.45) is 5.92 Å². The molecule has 0 radical (unpaired) electrons. The van der Waals surface area contributed by atoms with Crippen molar-refractivity contribution >= 4 is 17.7 Å². The zero-order valence-corrected chi connectivity index (χ0v) is 21.3. The molecule has 0 aliphatic carbocycles. The number of hydrogen-bond donors (Lipinski definition) is 1. The van der Waals surface area contributed by atoms with Gasteiger partial charge in [0.05, 0.1) is 13.1 Å². The van der Waals surface area contributed by atoms with Crippen molar-refractivity contribution in [2.75, 3.05) is 26.2 Å². The predicted molar refractivity (Wildman–Crippen MR) is 136 cm³/mol. The minimum atomic E-state index is -0.909. The number of esters is 1. The molecule has 37 heavy (non-hydrogen) atoms. The number of benzene rings is 3. The maximum Gasteiger partial charge on any atom is 0.333 e. The van der Waals surface area contributed by atoms with Crippen molar-refractivity contribution in [2.45, 2.75) is 25.0 Å². The van der Waals surface area contributed by atoms with Crippen LogP contribution < -0.4 is 17.7 Å². The summed E-state index contributed by atoms with van der Waals surface area (Å²) in [6.07, 6.45) is 1.57. The Morgan fingerprint density at radius 1 is 0.811 bits per heavy atom. The number of piperidine rings is 3. The summed E-state index contributed by atoms with van der Waals surface area (Å²) in [4.78, 5) is 39.4. The van der Waals surface area contributed by atoms with Gasteiger partial charge in [0.15, 0.2) is 12.1 Å². The zero-order valence-electron chi connectivity index (χ0n) is 20.6. The number of hydrogen-bond acceptors (Lipinski definition) is 4. The van der Waals surface area contributed by atoms with Crippen LogP contribution in [-0.2, 0) is 9.53 Å². The van der Waals surface area contributed by atoms with Crippen LogP contribution in [0.1, 0.15) is 45.2 Å². The van der Waals surface area contributed by atoms with Gasteiger partial charge >= 0.3 is 5.97 Å². The molecule has 2 bridgehead atoms. The van der Waals surface area contributed by atoms with E-state index in [1.807, 2.05) is 66.7 Å². The fraction of sp³-hybridized carbons (Fsp3) is 0.300. The molecule has 3 saturated heterocycles. The SMILES string of the molecule is O=C(C[N+]12CCC(CC1)[C@@H](OC(=O)C(NC(=O)c1ccccc1)c1ccccc1)C2)c1ccccc1.[Cl-]. The first-order valence-electron chi connectivity index (χ1n) is 12.6. The van der Waals surface area contributed by atoms with Gasteiger partial charge in [0.1, 0.15) is 13.1 Å². The molecule has 6 rings (SSSR count). The largest absolute Gasteiger partial charge is 1.00 e. The molecule has 0 saturated carbocycles. The Hall–Kier alpha value is -3.48. The van der Waals surface area contributed by atoms with E-state index in [9.17, 15) is 14.4 Å². The molecule has 1 amide bonds. The van der Waals surface area contributed by atoms with E-state index in [4.69, 9.17) is 4.74 Å². The fourth-order valence-electron chi connectivity index (χ4n) is 5.54. The van der Waals surface area contributed by atoms with Gasteiger partial charge in [0.25, 0.3) is 5.91 Å². The average Bonchev–Trinajstić information content (AvgIpc) is 2.93. The molecule has 192 valence electrons. The number of nitrogens with one attached hydrogen (secondary N) is 1. The molecule has 0 aromatic heterocycles. The van der Waals surface area contributed by atoms with Crippen molar-refractivity contribution < 1.29 is 36.0 Å². The second-order valence-electron chi connectivity index (χ2n) is 9.91. The van der Waals surface area contributed by atoms with E-state index in [0.29, 0.717) is 28.7 Å². The maximum absolute atomic E-state index is 13.5. The standard InChI is InChI=1S/C30H30N2O4.ClH/c33-26(22-10-4-1-5-11-22)20-32-18-16-23(17-19-32)27(21-32)36-30(35)28(24-12-6-2-7-13-24)31-29(34)25-14-8-3-9-15-25;/h1-15,23,27-28H,16-21H2;1H/t23?,27-,28?,32?;/m0./s1. The lowest BCUT2D eigenvalue weighted by Crippen LogP contribution is -3.00. The van der Waals surface area contributed by atoms with Gasteiger partial charge in [-0.05, 0) is 17.7 Å². The molecule has 6 nitrogen and oxygen atoms in total. The Morgan fingerprint density at radius 3 is 1.95 bits per heavy atom. The van der Waals surface area contributed by atoms with Crippen LogP contribution in [0.3, 0.4) is 0 Å². The third-order valence-corrected chi connectivity index (χ3v) is 7.56. The summed E-state index contributed by atoms with van der Waals surface area (Å²) in [6.45, 7) is 2.88. The molecule has 3 fully saturated rings. The first-order valence-corrected chi connectivity index (χ1v) is 12.6. The quantitative estimate of drug-likeness (QED) is 0.276. The molecule has 0 spiro atoms. The van der Waals surface area contributed by atoms with Gasteiger partial charge in [-0.25, -0.2) is 4.79 Å². The smallest absolute Gasteiger partial charge is 0.333 e. The number of nitrogens with zero attached hydrogens (tertiary/aromatic N) is 1. The van der Waals surface area contributed by atoms with Crippen molar-refractivity contribution in [1.29, 1.82) is 0 Å². The number of ether oxygens (including phenoxy) is 1. The van der Waals surface area contributed by atoms with Crippen LogP contribution in [0.5, 0.6) is 0 Å². The van der Waals surface area contributed by atoms with E-state index in [0.717, 1.165) is 31.5 Å². The minimum Gasteiger partial charge on any atom is -1.00 e. The van der Waals surface area contributed by atoms with Gasteiger partial charge in [-0.1, -0.05) is 78.9 Å². The predicted octanol–water partition coefficient (Wildman–Crippen LogP) is 1.20. The lowest BCUT2D eigenvalue weighted by Gasteiger charge is -2.51. The Bertz CT molecular complexity index is 1210. The summed E-state index contributed by atoms with van der Waals surface area (Å²) in [6, 6.07) is 26.5. The molecule has 7 heteroatoms. The van der Waals surface area contributed by atoms with Gasteiger partial charge in [-0.3, -0.25) is 9.59 Å². The summed E-state index contributed by atoms with van der Waals surface area (Å²) in [7, 11) is 0. The van der Waals surface area contributed by atoms with Crippen molar-refractivity contribution in [3.63, 3.8) is 0 Å².